The molecule has 1 N–H and O–H groups in total. The van der Waals surface area contributed by atoms with Crippen LogP contribution in [0.2, 0.25) is 0 Å². The van der Waals surface area contributed by atoms with Gasteiger partial charge in [-0.15, -0.1) is 11.3 Å². The van der Waals surface area contributed by atoms with Crippen molar-refractivity contribution in [1.29, 1.82) is 21.2 Å². The van der Waals surface area contributed by atoms with Crippen molar-refractivity contribution in [1.82, 2.24) is 4.90 Å². The SMILES string of the molecule is CC(C)(C)OC(=O)N1CC=C2C(C#N)C(=N)C(C#N)(C#N)[C@H](c3cccs3)[C@@H]2C1. The van der Waals surface area contributed by atoms with E-state index in [1.54, 1.807) is 26.8 Å². The van der Waals surface area contributed by atoms with Crippen molar-refractivity contribution in [3.05, 3.63) is 34.0 Å². The summed E-state index contributed by atoms with van der Waals surface area (Å²) in [5.74, 6) is -2.00. The Labute approximate surface area is 173 Å². The highest BCUT2D eigenvalue weighted by Gasteiger charge is 2.58. The summed E-state index contributed by atoms with van der Waals surface area (Å²) in [4.78, 5) is 15.0. The second kappa shape index (κ2) is 7.35. The van der Waals surface area contributed by atoms with Gasteiger partial charge < -0.3 is 15.0 Å². The van der Waals surface area contributed by atoms with E-state index in [2.05, 4.69) is 6.07 Å². The second-order valence-corrected chi connectivity index (χ2v) is 9.18. The van der Waals surface area contributed by atoms with Crippen LogP contribution >= 0.6 is 11.3 Å². The Hall–Kier alpha value is -3.15. The normalized spacial score (nSPS) is 25.7. The zero-order valence-electron chi connectivity index (χ0n) is 16.5. The smallest absolute Gasteiger partial charge is 0.410 e. The minimum atomic E-state index is -1.76. The molecule has 7 nitrogen and oxygen atoms in total. The van der Waals surface area contributed by atoms with Gasteiger partial charge in [-0.1, -0.05) is 12.1 Å². The van der Waals surface area contributed by atoms with Crippen LogP contribution in [-0.2, 0) is 4.74 Å². The Morgan fingerprint density at radius 2 is 2.03 bits per heavy atom. The maximum Gasteiger partial charge on any atom is 0.410 e. The Morgan fingerprint density at radius 3 is 2.55 bits per heavy atom. The molecule has 0 saturated heterocycles. The summed E-state index contributed by atoms with van der Waals surface area (Å²) in [6.45, 7) is 5.84. The molecule has 29 heavy (non-hydrogen) atoms. The molecule has 1 aromatic heterocycles. The highest BCUT2D eigenvalue weighted by atomic mass is 32.1. The summed E-state index contributed by atoms with van der Waals surface area (Å²) >= 11 is 1.41. The zero-order chi connectivity index (χ0) is 21.4. The van der Waals surface area contributed by atoms with Crippen LogP contribution in [0, 0.1) is 56.7 Å². The quantitative estimate of drug-likeness (QED) is 0.708. The van der Waals surface area contributed by atoms with Crippen LogP contribution in [0.3, 0.4) is 0 Å². The van der Waals surface area contributed by atoms with Gasteiger partial charge >= 0.3 is 6.09 Å². The number of nitriles is 3. The average molecular weight is 407 g/mol. The van der Waals surface area contributed by atoms with Crippen molar-refractivity contribution in [2.75, 3.05) is 13.1 Å². The number of ether oxygens (including phenoxy) is 1. The molecule has 148 valence electrons. The summed E-state index contributed by atoms with van der Waals surface area (Å²) in [6.07, 6.45) is 1.30. The lowest BCUT2D eigenvalue weighted by atomic mass is 9.55. The lowest BCUT2D eigenvalue weighted by Crippen LogP contribution is -2.53. The van der Waals surface area contributed by atoms with E-state index < -0.39 is 34.9 Å². The first-order valence-electron chi connectivity index (χ1n) is 9.20. The van der Waals surface area contributed by atoms with E-state index in [0.29, 0.717) is 5.57 Å². The molecule has 1 fully saturated rings. The number of amides is 1. The summed E-state index contributed by atoms with van der Waals surface area (Å²) in [5, 5.41) is 40.1. The molecule has 1 aliphatic heterocycles. The Morgan fingerprint density at radius 1 is 1.34 bits per heavy atom. The largest absolute Gasteiger partial charge is 0.444 e. The lowest BCUT2D eigenvalue weighted by Gasteiger charge is -2.47. The number of fused-ring (bicyclic) bond motifs is 1. The fourth-order valence-electron chi connectivity index (χ4n) is 4.06. The van der Waals surface area contributed by atoms with E-state index >= 15 is 0 Å². The third-order valence-electron chi connectivity index (χ3n) is 5.29. The van der Waals surface area contributed by atoms with Crippen LogP contribution in [0.1, 0.15) is 31.6 Å². The van der Waals surface area contributed by atoms with Crippen molar-refractivity contribution < 1.29 is 9.53 Å². The van der Waals surface area contributed by atoms with Gasteiger partial charge in [-0.2, -0.15) is 15.8 Å². The van der Waals surface area contributed by atoms with Gasteiger partial charge in [-0.05, 0) is 37.8 Å². The first-order valence-corrected chi connectivity index (χ1v) is 10.1. The van der Waals surface area contributed by atoms with Gasteiger partial charge in [0.25, 0.3) is 0 Å². The molecule has 2 heterocycles. The molecular formula is C21H21N5O2S. The molecule has 1 unspecified atom stereocenters. The molecule has 1 aliphatic carbocycles. The molecule has 3 rings (SSSR count). The van der Waals surface area contributed by atoms with Crippen LogP contribution in [-0.4, -0.2) is 35.4 Å². The number of rotatable bonds is 1. The van der Waals surface area contributed by atoms with Gasteiger partial charge in [0.1, 0.15) is 11.5 Å². The summed E-state index contributed by atoms with van der Waals surface area (Å²) in [5.41, 5.74) is -1.89. The first kappa shape index (κ1) is 20.6. The predicted octanol–water partition coefficient (Wildman–Crippen LogP) is 3.83. The van der Waals surface area contributed by atoms with Gasteiger partial charge in [-0.3, -0.25) is 0 Å². The van der Waals surface area contributed by atoms with Crippen LogP contribution in [0.15, 0.2) is 29.2 Å². The van der Waals surface area contributed by atoms with Crippen molar-refractivity contribution in [3.63, 3.8) is 0 Å². The number of nitrogens with one attached hydrogen (secondary N) is 1. The van der Waals surface area contributed by atoms with Crippen LogP contribution in [0.5, 0.6) is 0 Å². The Kier molecular flexibility index (Phi) is 5.22. The maximum atomic E-state index is 12.6. The molecule has 1 saturated carbocycles. The Bertz CT molecular complexity index is 970. The second-order valence-electron chi connectivity index (χ2n) is 8.20. The highest BCUT2D eigenvalue weighted by Crippen LogP contribution is 2.54. The van der Waals surface area contributed by atoms with E-state index in [1.807, 2.05) is 29.7 Å². The van der Waals surface area contributed by atoms with Crippen molar-refractivity contribution >= 4 is 23.1 Å². The molecule has 0 radical (unpaired) electrons. The van der Waals surface area contributed by atoms with Crippen molar-refractivity contribution in [3.8, 4) is 18.2 Å². The minimum absolute atomic E-state index is 0.184. The number of carbonyl (C=O) groups excluding carboxylic acids is 1. The first-order chi connectivity index (χ1) is 13.7. The maximum absolute atomic E-state index is 12.6. The monoisotopic (exact) mass is 407 g/mol. The Balaban J connectivity index is 2.10. The topological polar surface area (TPSA) is 125 Å². The van der Waals surface area contributed by atoms with Crippen LogP contribution in [0.25, 0.3) is 0 Å². The number of hydrogen-bond donors (Lipinski definition) is 1. The van der Waals surface area contributed by atoms with Crippen LogP contribution in [0.4, 0.5) is 4.79 Å². The lowest BCUT2D eigenvalue weighted by molar-refractivity contribution is 0.0222. The van der Waals surface area contributed by atoms with Gasteiger partial charge in [0, 0.05) is 29.8 Å². The molecule has 0 bridgehead atoms. The molecule has 2 aliphatic rings. The van der Waals surface area contributed by atoms with Gasteiger partial charge in [0.15, 0.2) is 5.41 Å². The summed E-state index contributed by atoms with van der Waals surface area (Å²) in [6, 6.07) is 9.85. The van der Waals surface area contributed by atoms with E-state index in [0.717, 1.165) is 4.88 Å². The van der Waals surface area contributed by atoms with Crippen LogP contribution < -0.4 is 0 Å². The van der Waals surface area contributed by atoms with Crippen molar-refractivity contribution in [2.45, 2.75) is 32.3 Å². The van der Waals surface area contributed by atoms with E-state index in [1.165, 1.54) is 16.2 Å². The number of thiophene rings is 1. The zero-order valence-corrected chi connectivity index (χ0v) is 17.3. The van der Waals surface area contributed by atoms with Gasteiger partial charge in [-0.25, -0.2) is 4.79 Å². The van der Waals surface area contributed by atoms with Gasteiger partial charge in [0.05, 0.1) is 23.9 Å². The fourth-order valence-corrected chi connectivity index (χ4v) is 5.02. The highest BCUT2D eigenvalue weighted by molar-refractivity contribution is 7.10. The standard InChI is InChI=1S/C21H21N5O2S/c1-20(2,3)28-19(27)26-7-6-13-14(9-22)18(25)21(11-23,12-24)17(15(13)10-26)16-5-4-8-29-16/h4-6,8,14-15,17,25H,7,10H2,1-3H3/t14?,15-,17+/m1/s1. The summed E-state index contributed by atoms with van der Waals surface area (Å²) in [7, 11) is 0. The summed E-state index contributed by atoms with van der Waals surface area (Å²) < 4.78 is 5.48. The number of carbonyl (C=O) groups is 1. The number of nitrogens with zero attached hydrogens (tertiary/aromatic N) is 4. The third kappa shape index (κ3) is 3.39. The van der Waals surface area contributed by atoms with E-state index in [9.17, 15) is 20.6 Å². The minimum Gasteiger partial charge on any atom is -0.444 e. The van der Waals surface area contributed by atoms with Gasteiger partial charge in [0.2, 0.25) is 0 Å². The molecule has 1 amide bonds. The predicted molar refractivity (Wildman–Crippen MR) is 107 cm³/mol. The molecule has 0 spiro atoms. The van der Waals surface area contributed by atoms with E-state index in [4.69, 9.17) is 10.1 Å². The third-order valence-corrected chi connectivity index (χ3v) is 6.25. The molecule has 8 heteroatoms. The molecular weight excluding hydrogens is 386 g/mol. The molecule has 1 aromatic rings. The number of hydrogen-bond acceptors (Lipinski definition) is 7. The molecule has 0 aromatic carbocycles. The average Bonchev–Trinajstić information content (AvgIpc) is 3.19. The fraction of sp³-hybridized carbons (Fsp3) is 0.476. The van der Waals surface area contributed by atoms with E-state index in [-0.39, 0.29) is 18.8 Å². The van der Waals surface area contributed by atoms with Crippen molar-refractivity contribution in [2.24, 2.45) is 17.3 Å². The molecule has 3 atom stereocenters.